The molecule has 2 heterocycles. The zero-order valence-corrected chi connectivity index (χ0v) is 19.6. The number of carbonyl (C=O) groups is 2. The standard InChI is InChI=1S/C24H25BrN4O3/c1-16-13-29(15-26-16)21-10-7-18(12-22(21)32-2)23(30)27-20-4-3-11-28(14-20)24(31)17-5-8-19(25)9-6-17/h5-10,12-13,15,20H,3-4,11,14H2,1-2H3,(H,27,30)/t20-/m0/s1. The molecule has 1 saturated heterocycles. The third-order valence-electron chi connectivity index (χ3n) is 5.57. The van der Waals surface area contributed by atoms with Gasteiger partial charge in [-0.25, -0.2) is 4.98 Å². The molecule has 0 spiro atoms. The molecule has 2 amide bonds. The summed E-state index contributed by atoms with van der Waals surface area (Å²) in [4.78, 5) is 31.8. The van der Waals surface area contributed by atoms with Gasteiger partial charge in [0.1, 0.15) is 5.75 Å². The highest BCUT2D eigenvalue weighted by Gasteiger charge is 2.26. The molecule has 166 valence electrons. The zero-order chi connectivity index (χ0) is 22.7. The highest BCUT2D eigenvalue weighted by molar-refractivity contribution is 9.10. The van der Waals surface area contributed by atoms with Crippen molar-refractivity contribution in [3.63, 3.8) is 0 Å². The molecule has 1 aliphatic heterocycles. The molecule has 1 aliphatic rings. The number of carbonyl (C=O) groups excluding carboxylic acids is 2. The van der Waals surface area contributed by atoms with Gasteiger partial charge in [0.15, 0.2) is 0 Å². The number of amides is 2. The van der Waals surface area contributed by atoms with Crippen LogP contribution in [0.15, 0.2) is 59.5 Å². The van der Waals surface area contributed by atoms with E-state index in [1.807, 2.05) is 52.9 Å². The number of imidazole rings is 1. The number of aryl methyl sites for hydroxylation is 1. The summed E-state index contributed by atoms with van der Waals surface area (Å²) in [6, 6.07) is 12.6. The monoisotopic (exact) mass is 496 g/mol. The van der Waals surface area contributed by atoms with E-state index < -0.39 is 0 Å². The largest absolute Gasteiger partial charge is 0.495 e. The molecule has 32 heavy (non-hydrogen) atoms. The van der Waals surface area contributed by atoms with E-state index in [0.29, 0.717) is 30.0 Å². The molecule has 1 N–H and O–H groups in total. The van der Waals surface area contributed by atoms with Gasteiger partial charge in [-0.3, -0.25) is 9.59 Å². The fourth-order valence-corrected chi connectivity index (χ4v) is 4.17. The summed E-state index contributed by atoms with van der Waals surface area (Å²) >= 11 is 3.39. The summed E-state index contributed by atoms with van der Waals surface area (Å²) in [6.07, 6.45) is 5.29. The van der Waals surface area contributed by atoms with Gasteiger partial charge in [-0.05, 0) is 62.2 Å². The average molecular weight is 497 g/mol. The van der Waals surface area contributed by atoms with Gasteiger partial charge in [-0.2, -0.15) is 0 Å². The normalized spacial score (nSPS) is 16.0. The molecular formula is C24H25BrN4O3. The van der Waals surface area contributed by atoms with Crippen molar-refractivity contribution < 1.29 is 14.3 Å². The Balaban J connectivity index is 1.44. The van der Waals surface area contributed by atoms with Gasteiger partial charge in [0.05, 0.1) is 24.8 Å². The van der Waals surface area contributed by atoms with Gasteiger partial charge in [-0.1, -0.05) is 15.9 Å². The molecule has 0 saturated carbocycles. The molecular weight excluding hydrogens is 472 g/mol. The van der Waals surface area contributed by atoms with Crippen LogP contribution in [0.2, 0.25) is 0 Å². The van der Waals surface area contributed by atoms with E-state index in [0.717, 1.165) is 28.7 Å². The number of hydrogen-bond acceptors (Lipinski definition) is 4. The molecule has 0 unspecified atom stereocenters. The molecule has 7 nitrogen and oxygen atoms in total. The van der Waals surface area contributed by atoms with Crippen molar-refractivity contribution in [2.45, 2.75) is 25.8 Å². The third kappa shape index (κ3) is 4.85. The van der Waals surface area contributed by atoms with Crippen LogP contribution in [-0.2, 0) is 0 Å². The number of nitrogens with zero attached hydrogens (tertiary/aromatic N) is 3. The lowest BCUT2D eigenvalue weighted by atomic mass is 10.0. The number of rotatable bonds is 5. The first-order chi connectivity index (χ1) is 15.4. The lowest BCUT2D eigenvalue weighted by Crippen LogP contribution is -2.49. The predicted octanol–water partition coefficient (Wildman–Crippen LogP) is 3.99. The second-order valence-corrected chi connectivity index (χ2v) is 8.80. The van der Waals surface area contributed by atoms with Crippen molar-refractivity contribution in [1.82, 2.24) is 19.8 Å². The zero-order valence-electron chi connectivity index (χ0n) is 18.0. The number of halogens is 1. The Kier molecular flexibility index (Phi) is 6.60. The van der Waals surface area contributed by atoms with Crippen molar-refractivity contribution in [3.8, 4) is 11.4 Å². The lowest BCUT2D eigenvalue weighted by Gasteiger charge is -2.33. The smallest absolute Gasteiger partial charge is 0.253 e. The molecule has 3 aromatic rings. The minimum Gasteiger partial charge on any atom is -0.495 e. The number of likely N-dealkylation sites (tertiary alicyclic amines) is 1. The highest BCUT2D eigenvalue weighted by Crippen LogP contribution is 2.25. The summed E-state index contributed by atoms with van der Waals surface area (Å²) in [5, 5.41) is 3.08. The molecule has 1 atom stereocenters. The van der Waals surface area contributed by atoms with Crippen LogP contribution in [0.25, 0.3) is 5.69 Å². The van der Waals surface area contributed by atoms with E-state index in [9.17, 15) is 9.59 Å². The first-order valence-corrected chi connectivity index (χ1v) is 11.3. The van der Waals surface area contributed by atoms with Crippen molar-refractivity contribution >= 4 is 27.7 Å². The molecule has 2 aromatic carbocycles. The number of benzene rings is 2. The van der Waals surface area contributed by atoms with Gasteiger partial charge in [0, 0.05) is 40.9 Å². The van der Waals surface area contributed by atoms with Crippen LogP contribution in [0, 0.1) is 6.92 Å². The van der Waals surface area contributed by atoms with Crippen LogP contribution in [0.1, 0.15) is 39.3 Å². The van der Waals surface area contributed by atoms with Gasteiger partial charge in [-0.15, -0.1) is 0 Å². The molecule has 1 aromatic heterocycles. The number of hydrogen-bond donors (Lipinski definition) is 1. The van der Waals surface area contributed by atoms with E-state index in [4.69, 9.17) is 4.74 Å². The summed E-state index contributed by atoms with van der Waals surface area (Å²) in [7, 11) is 1.58. The Morgan fingerprint density at radius 2 is 1.91 bits per heavy atom. The maximum atomic E-state index is 12.9. The number of nitrogens with one attached hydrogen (secondary N) is 1. The number of ether oxygens (including phenoxy) is 1. The maximum Gasteiger partial charge on any atom is 0.253 e. The van der Waals surface area contributed by atoms with Crippen LogP contribution in [0.5, 0.6) is 5.75 Å². The van der Waals surface area contributed by atoms with E-state index in [1.165, 1.54) is 0 Å². The average Bonchev–Trinajstić information content (AvgIpc) is 3.24. The van der Waals surface area contributed by atoms with Crippen LogP contribution in [0.4, 0.5) is 0 Å². The first kappa shape index (κ1) is 22.1. The Hall–Kier alpha value is -3.13. The molecule has 8 heteroatoms. The second kappa shape index (κ2) is 9.56. The Morgan fingerprint density at radius 3 is 2.59 bits per heavy atom. The molecule has 0 bridgehead atoms. The second-order valence-electron chi connectivity index (χ2n) is 7.88. The SMILES string of the molecule is COc1cc(C(=O)N[C@H]2CCCN(C(=O)c3ccc(Br)cc3)C2)ccc1-n1cnc(C)c1. The first-order valence-electron chi connectivity index (χ1n) is 10.5. The van der Waals surface area contributed by atoms with Crippen molar-refractivity contribution in [1.29, 1.82) is 0 Å². The molecule has 0 aliphatic carbocycles. The summed E-state index contributed by atoms with van der Waals surface area (Å²) in [5.41, 5.74) is 2.87. The molecule has 1 fully saturated rings. The quantitative estimate of drug-likeness (QED) is 0.579. The lowest BCUT2D eigenvalue weighted by molar-refractivity contribution is 0.0676. The van der Waals surface area contributed by atoms with Crippen LogP contribution >= 0.6 is 15.9 Å². The number of piperidine rings is 1. The van der Waals surface area contributed by atoms with Crippen LogP contribution in [0.3, 0.4) is 0 Å². The Bertz CT molecular complexity index is 1130. The van der Waals surface area contributed by atoms with E-state index >= 15 is 0 Å². The summed E-state index contributed by atoms with van der Waals surface area (Å²) in [6.45, 7) is 3.10. The number of methoxy groups -OCH3 is 1. The summed E-state index contributed by atoms with van der Waals surface area (Å²) in [5.74, 6) is 0.392. The van der Waals surface area contributed by atoms with E-state index in [-0.39, 0.29) is 17.9 Å². The van der Waals surface area contributed by atoms with Gasteiger partial charge in [0.25, 0.3) is 11.8 Å². The minimum absolute atomic E-state index is 0.0157. The third-order valence-corrected chi connectivity index (χ3v) is 6.10. The molecule has 0 radical (unpaired) electrons. The van der Waals surface area contributed by atoms with Gasteiger partial charge < -0.3 is 19.5 Å². The number of aromatic nitrogens is 2. The van der Waals surface area contributed by atoms with E-state index in [2.05, 4.69) is 26.2 Å². The fourth-order valence-electron chi connectivity index (χ4n) is 3.91. The summed E-state index contributed by atoms with van der Waals surface area (Å²) < 4.78 is 8.31. The maximum absolute atomic E-state index is 12.9. The molecule has 4 rings (SSSR count). The van der Waals surface area contributed by atoms with Crippen LogP contribution < -0.4 is 10.1 Å². The van der Waals surface area contributed by atoms with Crippen molar-refractivity contribution in [2.24, 2.45) is 0 Å². The van der Waals surface area contributed by atoms with Crippen molar-refractivity contribution in [2.75, 3.05) is 20.2 Å². The Labute approximate surface area is 195 Å². The fraction of sp³-hybridized carbons (Fsp3) is 0.292. The van der Waals surface area contributed by atoms with Crippen LogP contribution in [-0.4, -0.2) is 52.5 Å². The van der Waals surface area contributed by atoms with Gasteiger partial charge in [0.2, 0.25) is 0 Å². The van der Waals surface area contributed by atoms with E-state index in [1.54, 1.807) is 25.6 Å². The Morgan fingerprint density at radius 1 is 1.16 bits per heavy atom. The van der Waals surface area contributed by atoms with Gasteiger partial charge >= 0.3 is 0 Å². The van der Waals surface area contributed by atoms with Crippen molar-refractivity contribution in [3.05, 3.63) is 76.3 Å². The topological polar surface area (TPSA) is 76.5 Å². The predicted molar refractivity (Wildman–Crippen MR) is 125 cm³/mol. The minimum atomic E-state index is -0.181. The highest BCUT2D eigenvalue weighted by atomic mass is 79.9.